The van der Waals surface area contributed by atoms with Gasteiger partial charge in [-0.1, -0.05) is 18.2 Å². The topological polar surface area (TPSA) is 88.8 Å². The van der Waals surface area contributed by atoms with Gasteiger partial charge < -0.3 is 19.6 Å². The number of amides is 1. The third-order valence-electron chi connectivity index (χ3n) is 3.66. The summed E-state index contributed by atoms with van der Waals surface area (Å²) in [4.78, 5) is 23.8. The third kappa shape index (κ3) is 2.69. The lowest BCUT2D eigenvalue weighted by Gasteiger charge is -2.24. The maximum Gasteiger partial charge on any atom is 0.331 e. The predicted molar refractivity (Wildman–Crippen MR) is 81.1 cm³/mol. The zero-order valence-corrected chi connectivity index (χ0v) is 13.0. The van der Waals surface area contributed by atoms with E-state index in [2.05, 4.69) is 5.32 Å². The first-order valence-corrected chi connectivity index (χ1v) is 6.83. The molecule has 0 aliphatic rings. The zero-order valence-electron chi connectivity index (χ0n) is 13.0. The van der Waals surface area contributed by atoms with Crippen molar-refractivity contribution >= 4 is 22.8 Å². The van der Waals surface area contributed by atoms with Crippen LogP contribution in [0.5, 0.6) is 0 Å². The first kappa shape index (κ1) is 16.0. The Hall–Kier alpha value is -2.34. The molecule has 6 heteroatoms. The quantitative estimate of drug-likeness (QED) is 0.884. The van der Waals surface area contributed by atoms with Crippen molar-refractivity contribution in [1.82, 2.24) is 5.32 Å². The van der Waals surface area contributed by atoms with Gasteiger partial charge in [-0.15, -0.1) is 0 Å². The van der Waals surface area contributed by atoms with Gasteiger partial charge in [0.05, 0.1) is 6.61 Å². The summed E-state index contributed by atoms with van der Waals surface area (Å²) in [5.74, 6) is -1.63. The van der Waals surface area contributed by atoms with Crippen LogP contribution in [0.4, 0.5) is 0 Å². The summed E-state index contributed by atoms with van der Waals surface area (Å²) in [5, 5.41) is 12.6. The van der Waals surface area contributed by atoms with E-state index in [-0.39, 0.29) is 12.4 Å². The normalized spacial score (nSPS) is 13.8. The number of carbonyl (C=O) groups is 2. The summed E-state index contributed by atoms with van der Waals surface area (Å²) in [7, 11) is 1.38. The standard InChI is InChI=1S/C16H19NO5/c1-9-6-5-7-11-10(2)13(22-12(9)11)14(18)17-16(3,8-21-4)15(19)20/h5-7H,8H2,1-4H3,(H,17,18)(H,19,20). The van der Waals surface area contributed by atoms with Gasteiger partial charge in [0.15, 0.2) is 11.3 Å². The molecule has 2 aromatic rings. The molecule has 1 amide bonds. The van der Waals surface area contributed by atoms with Crippen LogP contribution in [0.15, 0.2) is 22.6 Å². The molecule has 1 unspecified atom stereocenters. The number of aryl methyl sites for hydroxylation is 2. The molecule has 0 fully saturated rings. The molecule has 0 saturated carbocycles. The van der Waals surface area contributed by atoms with Crippen LogP contribution < -0.4 is 5.32 Å². The fourth-order valence-electron chi connectivity index (χ4n) is 2.35. The number of nitrogens with one attached hydrogen (secondary N) is 1. The summed E-state index contributed by atoms with van der Waals surface area (Å²) in [6.45, 7) is 4.90. The molecule has 118 valence electrons. The van der Waals surface area contributed by atoms with Crippen molar-refractivity contribution in [1.29, 1.82) is 0 Å². The number of aliphatic carboxylic acids is 1. The first-order chi connectivity index (χ1) is 10.3. The van der Waals surface area contributed by atoms with E-state index in [0.717, 1.165) is 10.9 Å². The summed E-state index contributed by atoms with van der Waals surface area (Å²) >= 11 is 0. The van der Waals surface area contributed by atoms with Gasteiger partial charge in [0.1, 0.15) is 5.58 Å². The van der Waals surface area contributed by atoms with Crippen molar-refractivity contribution in [3.63, 3.8) is 0 Å². The number of carboxylic acid groups (broad SMARTS) is 1. The van der Waals surface area contributed by atoms with E-state index in [4.69, 9.17) is 9.15 Å². The molecule has 1 aromatic heterocycles. The van der Waals surface area contributed by atoms with Crippen molar-refractivity contribution in [2.24, 2.45) is 0 Å². The highest BCUT2D eigenvalue weighted by molar-refractivity contribution is 6.01. The molecule has 0 radical (unpaired) electrons. The molecule has 2 rings (SSSR count). The smallest absolute Gasteiger partial charge is 0.331 e. The van der Waals surface area contributed by atoms with Gasteiger partial charge >= 0.3 is 5.97 Å². The monoisotopic (exact) mass is 305 g/mol. The highest BCUT2D eigenvalue weighted by Gasteiger charge is 2.36. The molecule has 0 aliphatic carbocycles. The molecule has 0 spiro atoms. The number of carbonyl (C=O) groups excluding carboxylic acids is 1. The molecule has 22 heavy (non-hydrogen) atoms. The number of methoxy groups -OCH3 is 1. The molecule has 6 nitrogen and oxygen atoms in total. The summed E-state index contributed by atoms with van der Waals surface area (Å²) in [5.41, 5.74) is 0.708. The lowest BCUT2D eigenvalue weighted by molar-refractivity contribution is -0.145. The molecule has 0 bridgehead atoms. The minimum absolute atomic E-state index is 0.118. The average Bonchev–Trinajstić information content (AvgIpc) is 2.78. The second-order valence-electron chi connectivity index (χ2n) is 5.53. The molecule has 2 N–H and O–H groups in total. The van der Waals surface area contributed by atoms with E-state index >= 15 is 0 Å². The van der Waals surface area contributed by atoms with E-state index < -0.39 is 17.4 Å². The molecular weight excluding hydrogens is 286 g/mol. The Morgan fingerprint density at radius 2 is 2.05 bits per heavy atom. The van der Waals surface area contributed by atoms with Gasteiger partial charge in [-0.25, -0.2) is 4.79 Å². The molecule has 1 heterocycles. The Labute approximate surface area is 128 Å². The largest absolute Gasteiger partial charge is 0.479 e. The lowest BCUT2D eigenvalue weighted by Crippen LogP contribution is -2.55. The Morgan fingerprint density at radius 3 is 2.59 bits per heavy atom. The van der Waals surface area contributed by atoms with Crippen LogP contribution in [0.2, 0.25) is 0 Å². The van der Waals surface area contributed by atoms with Crippen molar-refractivity contribution in [2.75, 3.05) is 13.7 Å². The van der Waals surface area contributed by atoms with Crippen molar-refractivity contribution in [3.8, 4) is 0 Å². The third-order valence-corrected chi connectivity index (χ3v) is 3.66. The second-order valence-corrected chi connectivity index (χ2v) is 5.53. The highest BCUT2D eigenvalue weighted by Crippen LogP contribution is 2.27. The SMILES string of the molecule is COCC(C)(NC(=O)c1oc2c(C)cccc2c1C)C(=O)O. The van der Waals surface area contributed by atoms with Gasteiger partial charge in [-0.2, -0.15) is 0 Å². The lowest BCUT2D eigenvalue weighted by atomic mass is 10.0. The van der Waals surface area contributed by atoms with Crippen LogP contribution in [0.1, 0.15) is 28.6 Å². The molecule has 1 aromatic carbocycles. The van der Waals surface area contributed by atoms with Gasteiger partial charge in [0, 0.05) is 18.1 Å². The van der Waals surface area contributed by atoms with Crippen molar-refractivity contribution < 1.29 is 23.8 Å². The number of benzene rings is 1. The highest BCUT2D eigenvalue weighted by atomic mass is 16.5. The van der Waals surface area contributed by atoms with E-state index in [1.807, 2.05) is 25.1 Å². The number of para-hydroxylation sites is 1. The minimum atomic E-state index is -1.52. The number of furan rings is 1. The van der Waals surface area contributed by atoms with Gasteiger partial charge in [-0.3, -0.25) is 4.79 Å². The average molecular weight is 305 g/mol. The number of hydrogen-bond donors (Lipinski definition) is 2. The first-order valence-electron chi connectivity index (χ1n) is 6.83. The van der Waals surface area contributed by atoms with E-state index in [9.17, 15) is 14.7 Å². The summed E-state index contributed by atoms with van der Waals surface area (Å²) in [6, 6.07) is 5.64. The Kier molecular flexibility index (Phi) is 4.23. The van der Waals surface area contributed by atoms with Crippen LogP contribution in [-0.4, -0.2) is 36.2 Å². The molecule has 0 aliphatic heterocycles. The van der Waals surface area contributed by atoms with Crippen molar-refractivity contribution in [2.45, 2.75) is 26.3 Å². The fraction of sp³-hybridized carbons (Fsp3) is 0.375. The van der Waals surface area contributed by atoms with Crippen LogP contribution in [0, 0.1) is 13.8 Å². The van der Waals surface area contributed by atoms with E-state index in [0.29, 0.717) is 11.1 Å². The number of carboxylic acids is 1. The van der Waals surface area contributed by atoms with Gasteiger partial charge in [-0.05, 0) is 26.3 Å². The number of fused-ring (bicyclic) bond motifs is 1. The van der Waals surface area contributed by atoms with Crippen LogP contribution in [-0.2, 0) is 9.53 Å². The van der Waals surface area contributed by atoms with Crippen molar-refractivity contribution in [3.05, 3.63) is 35.1 Å². The number of ether oxygens (including phenoxy) is 1. The number of hydrogen-bond acceptors (Lipinski definition) is 4. The maximum absolute atomic E-state index is 12.4. The molecule has 1 atom stereocenters. The predicted octanol–water partition coefficient (Wildman–Crippen LogP) is 2.27. The van der Waals surface area contributed by atoms with Crippen LogP contribution in [0.25, 0.3) is 11.0 Å². The van der Waals surface area contributed by atoms with Gasteiger partial charge in [0.25, 0.3) is 5.91 Å². The Balaban J connectivity index is 2.40. The fourth-order valence-corrected chi connectivity index (χ4v) is 2.35. The molecule has 0 saturated heterocycles. The van der Waals surface area contributed by atoms with E-state index in [1.165, 1.54) is 14.0 Å². The Bertz CT molecular complexity index is 733. The summed E-state index contributed by atoms with van der Waals surface area (Å²) in [6.07, 6.45) is 0. The van der Waals surface area contributed by atoms with Gasteiger partial charge in [0.2, 0.25) is 0 Å². The van der Waals surface area contributed by atoms with Crippen LogP contribution >= 0.6 is 0 Å². The summed E-state index contributed by atoms with van der Waals surface area (Å²) < 4.78 is 10.5. The second kappa shape index (κ2) is 5.81. The Morgan fingerprint density at radius 1 is 1.36 bits per heavy atom. The molecular formula is C16H19NO5. The van der Waals surface area contributed by atoms with Crippen LogP contribution in [0.3, 0.4) is 0 Å². The number of rotatable bonds is 5. The maximum atomic E-state index is 12.4. The zero-order chi connectivity index (χ0) is 16.5. The minimum Gasteiger partial charge on any atom is -0.479 e. The van der Waals surface area contributed by atoms with E-state index in [1.54, 1.807) is 6.92 Å².